The van der Waals surface area contributed by atoms with E-state index in [-0.39, 0.29) is 32.3 Å². The first-order valence-corrected chi connectivity index (χ1v) is 19.6. The Kier molecular flexibility index (Phi) is 33.6. The molecule has 2 unspecified atom stereocenters. The summed E-state index contributed by atoms with van der Waals surface area (Å²) in [7, 11) is -4.28. The molecule has 0 radical (unpaired) electrons. The standard InChI is InChI=1S/C37H68NO7P/c1-3-5-7-9-11-13-15-17-19-21-23-25-27-29-32-42-34-36(35-44-46(40,41)43-33-31-38)45-37(39)30-28-26-24-22-20-18-16-14-12-10-8-6-4-2/h5,7,11,13,17,19,23,25,36H,3-4,6,8-10,12,14-16,18,20-22,24,26-35,38H2,1-2H3,(H,40,41)/b7-5-,13-11-,19-17-,25-23-. The van der Waals surface area contributed by atoms with E-state index < -0.39 is 13.9 Å². The molecule has 8 nitrogen and oxygen atoms in total. The van der Waals surface area contributed by atoms with Gasteiger partial charge in [0.1, 0.15) is 6.10 Å². The average molecular weight is 670 g/mol. The van der Waals surface area contributed by atoms with E-state index in [0.717, 1.165) is 57.8 Å². The second-order valence-corrected chi connectivity index (χ2v) is 13.2. The van der Waals surface area contributed by atoms with Crippen molar-refractivity contribution >= 4 is 13.8 Å². The van der Waals surface area contributed by atoms with Crippen LogP contribution in [0.15, 0.2) is 48.6 Å². The second-order valence-electron chi connectivity index (χ2n) is 11.7. The summed E-state index contributed by atoms with van der Waals surface area (Å²) in [6.45, 7) is 4.64. The van der Waals surface area contributed by atoms with Crippen LogP contribution < -0.4 is 5.73 Å². The Balaban J connectivity index is 4.21. The van der Waals surface area contributed by atoms with Crippen molar-refractivity contribution in [3.05, 3.63) is 48.6 Å². The lowest BCUT2D eigenvalue weighted by atomic mass is 10.0. The molecule has 3 N–H and O–H groups in total. The number of rotatable bonds is 34. The topological polar surface area (TPSA) is 117 Å². The molecule has 0 fully saturated rings. The molecular weight excluding hydrogens is 601 g/mol. The SMILES string of the molecule is CC/C=C\C/C=C\C/C=C\C/C=C\CCCOCC(COP(=O)(O)OCCN)OC(=O)CCCCCCCCCCCCCCC. The maximum absolute atomic E-state index is 12.5. The monoisotopic (exact) mass is 669 g/mol. The van der Waals surface area contributed by atoms with E-state index in [4.69, 9.17) is 24.3 Å². The molecule has 0 aliphatic rings. The molecule has 0 bridgehead atoms. The van der Waals surface area contributed by atoms with Crippen LogP contribution in [0.25, 0.3) is 0 Å². The number of carbonyl (C=O) groups is 1. The third-order valence-corrected chi connectivity index (χ3v) is 8.24. The molecule has 0 aromatic heterocycles. The third kappa shape index (κ3) is 33.8. The maximum Gasteiger partial charge on any atom is 0.472 e. The Labute approximate surface area is 281 Å². The number of ether oxygens (including phenoxy) is 2. The number of unbranched alkanes of at least 4 members (excludes halogenated alkanes) is 13. The highest BCUT2D eigenvalue weighted by atomic mass is 31.2. The number of phosphoric acid groups is 1. The van der Waals surface area contributed by atoms with Gasteiger partial charge < -0.3 is 20.1 Å². The number of nitrogens with two attached hydrogens (primary N) is 1. The van der Waals surface area contributed by atoms with Crippen molar-refractivity contribution in [1.82, 2.24) is 0 Å². The first-order valence-electron chi connectivity index (χ1n) is 18.1. The van der Waals surface area contributed by atoms with Crippen LogP contribution in [0.5, 0.6) is 0 Å². The van der Waals surface area contributed by atoms with Crippen LogP contribution in [-0.4, -0.2) is 49.9 Å². The van der Waals surface area contributed by atoms with Gasteiger partial charge in [0.25, 0.3) is 0 Å². The number of hydrogen-bond donors (Lipinski definition) is 2. The molecule has 0 amide bonds. The van der Waals surface area contributed by atoms with Gasteiger partial charge >= 0.3 is 13.8 Å². The van der Waals surface area contributed by atoms with Gasteiger partial charge in [0.15, 0.2) is 0 Å². The van der Waals surface area contributed by atoms with E-state index in [0.29, 0.717) is 13.0 Å². The van der Waals surface area contributed by atoms with Crippen LogP contribution in [0.4, 0.5) is 0 Å². The van der Waals surface area contributed by atoms with Gasteiger partial charge in [-0.2, -0.15) is 0 Å². The van der Waals surface area contributed by atoms with Crippen LogP contribution >= 0.6 is 7.82 Å². The van der Waals surface area contributed by atoms with Crippen molar-refractivity contribution in [3.63, 3.8) is 0 Å². The minimum atomic E-state index is -4.28. The van der Waals surface area contributed by atoms with Gasteiger partial charge in [0, 0.05) is 19.6 Å². The van der Waals surface area contributed by atoms with Crippen molar-refractivity contribution in [2.75, 3.05) is 33.0 Å². The number of phosphoric ester groups is 1. The zero-order chi connectivity index (χ0) is 33.8. The van der Waals surface area contributed by atoms with Crippen LogP contribution in [-0.2, 0) is 27.9 Å². The van der Waals surface area contributed by atoms with Crippen LogP contribution in [0.2, 0.25) is 0 Å². The molecule has 0 heterocycles. The zero-order valence-corrected chi connectivity index (χ0v) is 30.2. The van der Waals surface area contributed by atoms with Gasteiger partial charge in [0.2, 0.25) is 0 Å². The van der Waals surface area contributed by atoms with Crippen LogP contribution in [0.1, 0.15) is 142 Å². The average Bonchev–Trinajstić information content (AvgIpc) is 3.04. The van der Waals surface area contributed by atoms with E-state index in [9.17, 15) is 14.3 Å². The van der Waals surface area contributed by atoms with E-state index in [1.54, 1.807) is 0 Å². The fourth-order valence-corrected chi connectivity index (χ4v) is 5.41. The van der Waals surface area contributed by atoms with Gasteiger partial charge in [-0.05, 0) is 44.9 Å². The lowest BCUT2D eigenvalue weighted by Crippen LogP contribution is -2.28. The summed E-state index contributed by atoms with van der Waals surface area (Å²) in [6, 6.07) is 0. The van der Waals surface area contributed by atoms with Gasteiger partial charge in [-0.25, -0.2) is 4.57 Å². The summed E-state index contributed by atoms with van der Waals surface area (Å²) in [5.41, 5.74) is 5.34. The lowest BCUT2D eigenvalue weighted by Gasteiger charge is -2.20. The number of carbonyl (C=O) groups excluding carboxylic acids is 1. The Morgan fingerprint density at radius 2 is 1.20 bits per heavy atom. The van der Waals surface area contributed by atoms with Gasteiger partial charge in [-0.1, -0.05) is 140 Å². The molecule has 46 heavy (non-hydrogen) atoms. The second kappa shape index (κ2) is 34.8. The summed E-state index contributed by atoms with van der Waals surface area (Å²) in [4.78, 5) is 22.3. The Hall–Kier alpha value is -1.54. The molecule has 0 saturated heterocycles. The summed E-state index contributed by atoms with van der Waals surface area (Å²) in [5, 5.41) is 0. The van der Waals surface area contributed by atoms with Gasteiger partial charge in [-0.3, -0.25) is 13.8 Å². The smallest absolute Gasteiger partial charge is 0.457 e. The molecule has 268 valence electrons. The quantitative estimate of drug-likeness (QED) is 0.0301. The van der Waals surface area contributed by atoms with E-state index in [2.05, 4.69) is 62.5 Å². The van der Waals surface area contributed by atoms with E-state index >= 15 is 0 Å². The van der Waals surface area contributed by atoms with E-state index in [1.807, 2.05) is 0 Å². The predicted molar refractivity (Wildman–Crippen MR) is 192 cm³/mol. The van der Waals surface area contributed by atoms with E-state index in [1.165, 1.54) is 64.2 Å². The molecule has 0 saturated carbocycles. The highest BCUT2D eigenvalue weighted by molar-refractivity contribution is 7.47. The molecule has 0 aliphatic heterocycles. The Bertz CT molecular complexity index is 844. The summed E-state index contributed by atoms with van der Waals surface area (Å²) < 4.78 is 33.2. The molecule has 0 aliphatic carbocycles. The van der Waals surface area contributed by atoms with Gasteiger partial charge in [0.05, 0.1) is 19.8 Å². The summed E-state index contributed by atoms with van der Waals surface area (Å²) in [6.07, 6.45) is 38.5. The Morgan fingerprint density at radius 1 is 0.674 bits per heavy atom. The molecular formula is C37H68NO7P. The van der Waals surface area contributed by atoms with Crippen LogP contribution in [0, 0.1) is 0 Å². The first-order chi connectivity index (χ1) is 22.4. The summed E-state index contributed by atoms with van der Waals surface area (Å²) in [5.74, 6) is -0.351. The fourth-order valence-electron chi connectivity index (χ4n) is 4.65. The van der Waals surface area contributed by atoms with Gasteiger partial charge in [-0.15, -0.1) is 0 Å². The minimum absolute atomic E-state index is 0.0788. The molecule has 9 heteroatoms. The van der Waals surface area contributed by atoms with Crippen LogP contribution in [0.3, 0.4) is 0 Å². The van der Waals surface area contributed by atoms with Crippen molar-refractivity contribution < 1.29 is 32.8 Å². The minimum Gasteiger partial charge on any atom is -0.457 e. The number of esters is 1. The largest absolute Gasteiger partial charge is 0.472 e. The zero-order valence-electron chi connectivity index (χ0n) is 29.3. The molecule has 0 aromatic rings. The van der Waals surface area contributed by atoms with Crippen molar-refractivity contribution in [2.24, 2.45) is 5.73 Å². The lowest BCUT2D eigenvalue weighted by molar-refractivity contribution is -0.154. The first kappa shape index (κ1) is 44.5. The van der Waals surface area contributed by atoms with Crippen molar-refractivity contribution in [1.29, 1.82) is 0 Å². The predicted octanol–water partition coefficient (Wildman–Crippen LogP) is 10.1. The molecule has 0 rings (SSSR count). The summed E-state index contributed by atoms with van der Waals surface area (Å²) >= 11 is 0. The molecule has 2 atom stereocenters. The third-order valence-electron chi connectivity index (χ3n) is 7.26. The number of allylic oxidation sites excluding steroid dienone is 8. The highest BCUT2D eigenvalue weighted by Crippen LogP contribution is 2.43. The normalized spacial score (nSPS) is 14.3. The van der Waals surface area contributed by atoms with Crippen molar-refractivity contribution in [2.45, 2.75) is 148 Å². The number of hydrogen-bond acceptors (Lipinski definition) is 7. The fraction of sp³-hybridized carbons (Fsp3) is 0.757. The molecule has 0 spiro atoms. The maximum atomic E-state index is 12.5. The molecule has 0 aromatic carbocycles. The van der Waals surface area contributed by atoms with Crippen molar-refractivity contribution in [3.8, 4) is 0 Å². The Morgan fingerprint density at radius 3 is 1.74 bits per heavy atom. The highest BCUT2D eigenvalue weighted by Gasteiger charge is 2.25.